The molecule has 2 amide bonds. The van der Waals surface area contributed by atoms with Crippen LogP contribution in [0.5, 0.6) is 5.75 Å². The van der Waals surface area contributed by atoms with Gasteiger partial charge in [-0.05, 0) is 73.5 Å². The van der Waals surface area contributed by atoms with E-state index in [0.29, 0.717) is 58.8 Å². The number of carbonyl (C=O) groups is 2. The maximum absolute atomic E-state index is 12.7. The summed E-state index contributed by atoms with van der Waals surface area (Å²) in [5.74, 6) is 1.01. The minimum Gasteiger partial charge on any atom is -0.494 e. The molecule has 0 aromatic heterocycles. The number of ether oxygens (including phenoxy) is 3. The Morgan fingerprint density at radius 1 is 1.08 bits per heavy atom. The third kappa shape index (κ3) is 7.71. The highest BCUT2D eigenvalue weighted by molar-refractivity contribution is 5.96. The van der Waals surface area contributed by atoms with Crippen molar-refractivity contribution in [2.75, 3.05) is 51.4 Å². The molecule has 212 valence electrons. The summed E-state index contributed by atoms with van der Waals surface area (Å²) in [6.07, 6.45) is 3.34. The van der Waals surface area contributed by atoms with Gasteiger partial charge < -0.3 is 34.9 Å². The van der Waals surface area contributed by atoms with E-state index in [1.165, 1.54) is 4.90 Å². The van der Waals surface area contributed by atoms with Crippen LogP contribution in [0.25, 0.3) is 0 Å². The van der Waals surface area contributed by atoms with Gasteiger partial charge in [-0.1, -0.05) is 24.3 Å². The average molecular weight is 540 g/mol. The Bertz CT molecular complexity index is 1090. The summed E-state index contributed by atoms with van der Waals surface area (Å²) in [5, 5.41) is 9.63. The number of piperidine rings is 1. The largest absolute Gasteiger partial charge is 0.494 e. The number of anilines is 1. The fourth-order valence-electron chi connectivity index (χ4n) is 5.38. The van der Waals surface area contributed by atoms with Crippen molar-refractivity contribution in [3.05, 3.63) is 59.2 Å². The summed E-state index contributed by atoms with van der Waals surface area (Å²) >= 11 is 0. The molecule has 9 heteroatoms. The Kier molecular flexibility index (Phi) is 10.6. The standard InChI is InChI=1S/C30H41N3O6/c1-37-17-4-15-33-27-19-22(5-6-24(27)9-12-29(33)34)21-39-28-20-32(30(35)36)16-13-26(28)23-7-10-25(11-8-23)38-18-3-2-14-31/h5-8,10-11,19,26,28H,2-4,9,12-18,20-21,31H2,1H3,(H,35,36). The molecule has 2 atom stereocenters. The second-order valence-corrected chi connectivity index (χ2v) is 10.2. The van der Waals surface area contributed by atoms with Crippen molar-refractivity contribution in [1.29, 1.82) is 0 Å². The van der Waals surface area contributed by atoms with Crippen LogP contribution in [0.15, 0.2) is 42.5 Å². The number of unbranched alkanes of at least 4 members (excludes halogenated alkanes) is 1. The van der Waals surface area contributed by atoms with Gasteiger partial charge in [0, 0.05) is 44.8 Å². The van der Waals surface area contributed by atoms with Crippen LogP contribution in [0.4, 0.5) is 10.5 Å². The lowest BCUT2D eigenvalue weighted by Crippen LogP contribution is -2.46. The number of hydrogen-bond donors (Lipinski definition) is 2. The van der Waals surface area contributed by atoms with E-state index in [4.69, 9.17) is 19.9 Å². The van der Waals surface area contributed by atoms with E-state index < -0.39 is 6.09 Å². The molecule has 0 aliphatic carbocycles. The first kappa shape index (κ1) is 28.9. The summed E-state index contributed by atoms with van der Waals surface area (Å²) in [5.41, 5.74) is 9.73. The molecular weight excluding hydrogens is 498 g/mol. The van der Waals surface area contributed by atoms with Crippen molar-refractivity contribution in [3.8, 4) is 5.75 Å². The van der Waals surface area contributed by atoms with Gasteiger partial charge in [-0.15, -0.1) is 0 Å². The van der Waals surface area contributed by atoms with Crippen LogP contribution >= 0.6 is 0 Å². The third-order valence-electron chi connectivity index (χ3n) is 7.55. The van der Waals surface area contributed by atoms with Gasteiger partial charge in [0.2, 0.25) is 5.91 Å². The molecule has 1 saturated heterocycles. The Morgan fingerprint density at radius 2 is 1.90 bits per heavy atom. The zero-order valence-electron chi connectivity index (χ0n) is 22.8. The predicted molar refractivity (Wildman–Crippen MR) is 149 cm³/mol. The molecule has 0 bridgehead atoms. The first-order valence-electron chi connectivity index (χ1n) is 13.9. The van der Waals surface area contributed by atoms with Gasteiger partial charge in [0.05, 0.1) is 25.9 Å². The number of nitrogens with two attached hydrogens (primary N) is 1. The highest BCUT2D eigenvalue weighted by Crippen LogP contribution is 2.34. The Morgan fingerprint density at radius 3 is 2.64 bits per heavy atom. The van der Waals surface area contributed by atoms with Crippen molar-refractivity contribution >= 4 is 17.7 Å². The van der Waals surface area contributed by atoms with Crippen LogP contribution in [0.3, 0.4) is 0 Å². The van der Waals surface area contributed by atoms with Gasteiger partial charge in [0.15, 0.2) is 0 Å². The summed E-state index contributed by atoms with van der Waals surface area (Å²) in [6.45, 7) is 3.63. The highest BCUT2D eigenvalue weighted by atomic mass is 16.5. The number of benzene rings is 2. The van der Waals surface area contributed by atoms with Crippen molar-refractivity contribution in [1.82, 2.24) is 4.90 Å². The number of carboxylic acid groups (broad SMARTS) is 1. The van der Waals surface area contributed by atoms with Gasteiger partial charge in [-0.3, -0.25) is 4.79 Å². The number of rotatable bonds is 13. The van der Waals surface area contributed by atoms with E-state index in [-0.39, 0.29) is 17.9 Å². The molecule has 2 aliphatic rings. The lowest BCUT2D eigenvalue weighted by atomic mass is 9.87. The molecule has 2 aromatic rings. The molecule has 1 fully saturated rings. The molecule has 0 radical (unpaired) electrons. The normalized spacial score (nSPS) is 19.2. The van der Waals surface area contributed by atoms with E-state index >= 15 is 0 Å². The Labute approximate surface area is 230 Å². The number of amides is 2. The van der Waals surface area contributed by atoms with Crippen molar-refractivity contribution in [2.24, 2.45) is 5.73 Å². The van der Waals surface area contributed by atoms with E-state index in [1.54, 1.807) is 7.11 Å². The van der Waals surface area contributed by atoms with Crippen LogP contribution in [-0.4, -0.2) is 74.6 Å². The first-order valence-corrected chi connectivity index (χ1v) is 13.9. The highest BCUT2D eigenvalue weighted by Gasteiger charge is 2.33. The van der Waals surface area contributed by atoms with Gasteiger partial charge in [0.1, 0.15) is 5.75 Å². The minimum absolute atomic E-state index is 0.0663. The maximum Gasteiger partial charge on any atom is 0.407 e. The van der Waals surface area contributed by atoms with Crippen LogP contribution in [0, 0.1) is 0 Å². The van der Waals surface area contributed by atoms with E-state index in [1.807, 2.05) is 29.2 Å². The molecule has 2 unspecified atom stereocenters. The molecule has 3 N–H and O–H groups in total. The van der Waals surface area contributed by atoms with Crippen LogP contribution in [0.1, 0.15) is 54.7 Å². The number of aryl methyl sites for hydroxylation is 1. The zero-order chi connectivity index (χ0) is 27.6. The predicted octanol–water partition coefficient (Wildman–Crippen LogP) is 4.17. The molecule has 0 saturated carbocycles. The molecule has 9 nitrogen and oxygen atoms in total. The number of likely N-dealkylation sites (tertiary alicyclic amines) is 1. The lowest BCUT2D eigenvalue weighted by Gasteiger charge is -2.37. The minimum atomic E-state index is -0.928. The smallest absolute Gasteiger partial charge is 0.407 e. The van der Waals surface area contributed by atoms with E-state index in [2.05, 4.69) is 18.2 Å². The van der Waals surface area contributed by atoms with Gasteiger partial charge >= 0.3 is 6.09 Å². The molecule has 2 heterocycles. The molecule has 39 heavy (non-hydrogen) atoms. The quantitative estimate of drug-likeness (QED) is 0.367. The molecular formula is C30H41N3O6. The average Bonchev–Trinajstić information content (AvgIpc) is 2.95. The molecule has 2 aliphatic heterocycles. The van der Waals surface area contributed by atoms with Crippen molar-refractivity contribution < 1.29 is 28.9 Å². The number of carbonyl (C=O) groups excluding carboxylic acids is 1. The number of fused-ring (bicyclic) bond motifs is 1. The van der Waals surface area contributed by atoms with Crippen molar-refractivity contribution in [2.45, 2.75) is 57.2 Å². The van der Waals surface area contributed by atoms with E-state index in [9.17, 15) is 14.7 Å². The SMILES string of the molecule is COCCCN1C(=O)CCc2ccc(COC3CN(C(=O)O)CCC3c3ccc(OCCCCN)cc3)cc21. The summed E-state index contributed by atoms with van der Waals surface area (Å²) in [4.78, 5) is 27.7. The second kappa shape index (κ2) is 14.3. The maximum atomic E-state index is 12.7. The van der Waals surface area contributed by atoms with Crippen molar-refractivity contribution in [3.63, 3.8) is 0 Å². The Hall–Kier alpha value is -3.14. The van der Waals surface area contributed by atoms with Crippen LogP contribution < -0.4 is 15.4 Å². The number of methoxy groups -OCH3 is 1. The third-order valence-corrected chi connectivity index (χ3v) is 7.55. The topological polar surface area (TPSA) is 115 Å². The fraction of sp³-hybridized carbons (Fsp3) is 0.533. The van der Waals surface area contributed by atoms with Gasteiger partial charge in [-0.2, -0.15) is 0 Å². The first-order chi connectivity index (χ1) is 19.0. The number of hydrogen-bond acceptors (Lipinski definition) is 6. The summed E-state index contributed by atoms with van der Waals surface area (Å²) < 4.78 is 17.4. The summed E-state index contributed by atoms with van der Waals surface area (Å²) in [7, 11) is 1.67. The summed E-state index contributed by atoms with van der Waals surface area (Å²) in [6, 6.07) is 14.2. The van der Waals surface area contributed by atoms with Gasteiger partial charge in [-0.25, -0.2) is 4.79 Å². The lowest BCUT2D eigenvalue weighted by molar-refractivity contribution is -0.118. The molecule has 2 aromatic carbocycles. The monoisotopic (exact) mass is 539 g/mol. The number of nitrogens with zero attached hydrogens (tertiary/aromatic N) is 2. The second-order valence-electron chi connectivity index (χ2n) is 10.2. The molecule has 0 spiro atoms. The Balaban J connectivity index is 1.45. The zero-order valence-corrected chi connectivity index (χ0v) is 22.8. The molecule has 4 rings (SSSR count). The van der Waals surface area contributed by atoms with E-state index in [0.717, 1.165) is 53.8 Å². The van der Waals surface area contributed by atoms with Crippen LogP contribution in [0.2, 0.25) is 0 Å². The van der Waals surface area contributed by atoms with Gasteiger partial charge in [0.25, 0.3) is 0 Å². The van der Waals surface area contributed by atoms with Crippen LogP contribution in [-0.2, 0) is 27.3 Å². The fourth-order valence-corrected chi connectivity index (χ4v) is 5.38.